The number of nitrogens with zero attached hydrogens (tertiary/aromatic N) is 4. The van der Waals surface area contributed by atoms with Crippen molar-refractivity contribution in [1.29, 1.82) is 0 Å². The second-order valence-electron chi connectivity index (χ2n) is 4.40. The first-order chi connectivity index (χ1) is 9.19. The van der Waals surface area contributed by atoms with E-state index in [9.17, 15) is 0 Å². The summed E-state index contributed by atoms with van der Waals surface area (Å²) >= 11 is 0. The van der Waals surface area contributed by atoms with E-state index in [1.54, 1.807) is 4.68 Å². The fraction of sp³-hybridized carbons (Fsp3) is 0.583. The topological polar surface area (TPSA) is 89.0 Å². The predicted octanol–water partition coefficient (Wildman–Crippen LogP) is 0.555. The Balaban J connectivity index is 1.77. The molecule has 0 amide bonds. The van der Waals surface area contributed by atoms with Crippen molar-refractivity contribution in [2.24, 2.45) is 0 Å². The monoisotopic (exact) mass is 265 g/mol. The van der Waals surface area contributed by atoms with Gasteiger partial charge in [-0.25, -0.2) is 4.98 Å². The Labute approximate surface area is 111 Å². The third kappa shape index (κ3) is 3.87. The molecular weight excluding hydrogens is 246 g/mol. The number of aromatic nitrogens is 4. The van der Waals surface area contributed by atoms with E-state index in [1.165, 1.54) is 0 Å². The Morgan fingerprint density at radius 1 is 1.37 bits per heavy atom. The summed E-state index contributed by atoms with van der Waals surface area (Å²) in [6.07, 6.45) is 2.56. The first-order valence-corrected chi connectivity index (χ1v) is 6.32. The van der Waals surface area contributed by atoms with Crippen molar-refractivity contribution in [3.8, 4) is 0 Å². The van der Waals surface area contributed by atoms with Crippen molar-refractivity contribution in [1.82, 2.24) is 25.3 Å². The summed E-state index contributed by atoms with van der Waals surface area (Å²) in [5.41, 5.74) is 1.78. The molecule has 0 saturated carbocycles. The van der Waals surface area contributed by atoms with Crippen molar-refractivity contribution >= 4 is 0 Å². The number of aryl methyl sites for hydroxylation is 3. The number of aliphatic hydroxyl groups excluding tert-OH is 1. The number of oxazole rings is 1. The summed E-state index contributed by atoms with van der Waals surface area (Å²) in [6, 6.07) is 0. The zero-order chi connectivity index (χ0) is 13.7. The molecule has 7 heteroatoms. The quantitative estimate of drug-likeness (QED) is 0.760. The molecule has 104 valence electrons. The third-order valence-electron chi connectivity index (χ3n) is 2.79. The molecule has 0 radical (unpaired) electrons. The summed E-state index contributed by atoms with van der Waals surface area (Å²) in [5.74, 6) is 1.54. The van der Waals surface area contributed by atoms with Gasteiger partial charge in [0.15, 0.2) is 0 Å². The van der Waals surface area contributed by atoms with Crippen LogP contribution in [0.2, 0.25) is 0 Å². The highest BCUT2D eigenvalue weighted by Crippen LogP contribution is 2.07. The fourth-order valence-electron chi connectivity index (χ4n) is 1.67. The van der Waals surface area contributed by atoms with Crippen LogP contribution in [0.1, 0.15) is 29.5 Å². The second kappa shape index (κ2) is 6.44. The first-order valence-electron chi connectivity index (χ1n) is 6.32. The Morgan fingerprint density at radius 3 is 2.89 bits per heavy atom. The highest BCUT2D eigenvalue weighted by Gasteiger charge is 2.05. The van der Waals surface area contributed by atoms with Gasteiger partial charge in [0, 0.05) is 25.9 Å². The minimum atomic E-state index is 0.163. The van der Waals surface area contributed by atoms with Crippen LogP contribution in [0.25, 0.3) is 0 Å². The SMILES string of the molecule is Cc1nc(CNCc2cn(CCCO)nn2)oc1C. The summed E-state index contributed by atoms with van der Waals surface area (Å²) in [5, 5.41) is 20.0. The highest BCUT2D eigenvalue weighted by atomic mass is 16.4. The van der Waals surface area contributed by atoms with E-state index >= 15 is 0 Å². The van der Waals surface area contributed by atoms with Crippen LogP contribution in [0, 0.1) is 13.8 Å². The lowest BCUT2D eigenvalue weighted by Gasteiger charge is -1.98. The number of hydrogen-bond acceptors (Lipinski definition) is 6. The predicted molar refractivity (Wildman–Crippen MR) is 68.2 cm³/mol. The van der Waals surface area contributed by atoms with Gasteiger partial charge in [0.2, 0.25) is 5.89 Å². The van der Waals surface area contributed by atoms with Crippen molar-refractivity contribution in [2.45, 2.75) is 39.9 Å². The van der Waals surface area contributed by atoms with Crippen LogP contribution in [0.5, 0.6) is 0 Å². The molecule has 2 aromatic rings. The highest BCUT2D eigenvalue weighted by molar-refractivity contribution is 5.05. The number of hydrogen-bond donors (Lipinski definition) is 2. The van der Waals surface area contributed by atoms with Crippen molar-refractivity contribution < 1.29 is 9.52 Å². The van der Waals surface area contributed by atoms with E-state index in [-0.39, 0.29) is 6.61 Å². The molecule has 7 nitrogen and oxygen atoms in total. The van der Waals surface area contributed by atoms with Crippen molar-refractivity contribution in [3.63, 3.8) is 0 Å². The molecule has 2 N–H and O–H groups in total. The molecule has 2 aromatic heterocycles. The lowest BCUT2D eigenvalue weighted by Crippen LogP contribution is -2.13. The van der Waals surface area contributed by atoms with Gasteiger partial charge in [-0.05, 0) is 20.3 Å². The van der Waals surface area contributed by atoms with Gasteiger partial charge >= 0.3 is 0 Å². The van der Waals surface area contributed by atoms with Gasteiger partial charge in [0.25, 0.3) is 0 Å². The van der Waals surface area contributed by atoms with Crippen LogP contribution in [0.4, 0.5) is 0 Å². The standard InChI is InChI=1S/C12H19N5O2/c1-9-10(2)19-12(14-9)7-13-6-11-8-17(16-15-11)4-3-5-18/h8,13,18H,3-7H2,1-2H3. The molecular formula is C12H19N5O2. The molecule has 0 saturated heterocycles. The van der Waals surface area contributed by atoms with Gasteiger partial charge < -0.3 is 14.8 Å². The van der Waals surface area contributed by atoms with Crippen LogP contribution < -0.4 is 5.32 Å². The second-order valence-corrected chi connectivity index (χ2v) is 4.40. The molecule has 0 aliphatic carbocycles. The van der Waals surface area contributed by atoms with E-state index in [0.717, 1.165) is 17.1 Å². The molecule has 0 bridgehead atoms. The molecule has 19 heavy (non-hydrogen) atoms. The average Bonchev–Trinajstić information content (AvgIpc) is 2.95. The fourth-order valence-corrected chi connectivity index (χ4v) is 1.67. The lowest BCUT2D eigenvalue weighted by molar-refractivity contribution is 0.276. The number of aliphatic hydroxyl groups is 1. The Morgan fingerprint density at radius 2 is 2.21 bits per heavy atom. The maximum atomic E-state index is 8.73. The Kier molecular flexibility index (Phi) is 4.64. The summed E-state index contributed by atoms with van der Waals surface area (Å²) < 4.78 is 7.20. The Hall–Kier alpha value is -1.73. The zero-order valence-electron chi connectivity index (χ0n) is 11.3. The summed E-state index contributed by atoms with van der Waals surface area (Å²) in [7, 11) is 0. The summed E-state index contributed by atoms with van der Waals surface area (Å²) in [4.78, 5) is 4.29. The van der Waals surface area contributed by atoms with E-state index < -0.39 is 0 Å². The summed E-state index contributed by atoms with van der Waals surface area (Å²) in [6.45, 7) is 5.85. The van der Waals surface area contributed by atoms with E-state index in [1.807, 2.05) is 20.0 Å². The third-order valence-corrected chi connectivity index (χ3v) is 2.79. The van der Waals surface area contributed by atoms with E-state index in [0.29, 0.717) is 31.9 Å². The van der Waals surface area contributed by atoms with Gasteiger partial charge in [-0.1, -0.05) is 5.21 Å². The molecule has 2 rings (SSSR count). The van der Waals surface area contributed by atoms with Crippen LogP contribution in [0.3, 0.4) is 0 Å². The van der Waals surface area contributed by atoms with Crippen LogP contribution in [0.15, 0.2) is 10.6 Å². The maximum Gasteiger partial charge on any atom is 0.208 e. The van der Waals surface area contributed by atoms with Gasteiger partial charge in [0.1, 0.15) is 5.76 Å². The molecule has 0 spiro atoms. The van der Waals surface area contributed by atoms with Gasteiger partial charge in [-0.3, -0.25) is 4.68 Å². The smallest absolute Gasteiger partial charge is 0.208 e. The minimum absolute atomic E-state index is 0.163. The minimum Gasteiger partial charge on any atom is -0.444 e. The van der Waals surface area contributed by atoms with E-state index in [4.69, 9.17) is 9.52 Å². The molecule has 0 fully saturated rings. The normalized spacial score (nSPS) is 11.1. The van der Waals surface area contributed by atoms with Crippen LogP contribution in [-0.4, -0.2) is 31.7 Å². The maximum absolute atomic E-state index is 8.73. The number of nitrogens with one attached hydrogen (secondary N) is 1. The van der Waals surface area contributed by atoms with Gasteiger partial charge in [-0.15, -0.1) is 5.10 Å². The van der Waals surface area contributed by atoms with Gasteiger partial charge in [-0.2, -0.15) is 0 Å². The van der Waals surface area contributed by atoms with E-state index in [2.05, 4.69) is 20.6 Å². The number of rotatable bonds is 7. The molecule has 0 atom stereocenters. The Bertz CT molecular complexity index is 500. The van der Waals surface area contributed by atoms with Crippen molar-refractivity contribution in [3.05, 3.63) is 29.2 Å². The largest absolute Gasteiger partial charge is 0.444 e. The van der Waals surface area contributed by atoms with Crippen molar-refractivity contribution in [2.75, 3.05) is 6.61 Å². The molecule has 2 heterocycles. The first kappa shape index (κ1) is 13.7. The molecule has 0 aromatic carbocycles. The molecule has 0 aliphatic rings. The van der Waals surface area contributed by atoms with Gasteiger partial charge in [0.05, 0.1) is 17.9 Å². The molecule has 0 aliphatic heterocycles. The molecule has 0 unspecified atom stereocenters. The van der Waals surface area contributed by atoms with Crippen LogP contribution >= 0.6 is 0 Å². The zero-order valence-corrected chi connectivity index (χ0v) is 11.3. The van der Waals surface area contributed by atoms with Crippen LogP contribution in [-0.2, 0) is 19.6 Å². The lowest BCUT2D eigenvalue weighted by atomic mass is 10.4. The average molecular weight is 265 g/mol.